The molecule has 0 spiro atoms. The summed E-state index contributed by atoms with van der Waals surface area (Å²) >= 11 is 0. The summed E-state index contributed by atoms with van der Waals surface area (Å²) in [4.78, 5) is 0. The predicted molar refractivity (Wildman–Crippen MR) is 154 cm³/mol. The average molecular weight is 469 g/mol. The van der Waals surface area contributed by atoms with Crippen LogP contribution in [0.2, 0.25) is 78.6 Å². The van der Waals surface area contributed by atoms with Crippen LogP contribution >= 0.6 is 0 Å². The third-order valence-electron chi connectivity index (χ3n) is 5.86. The zero-order valence-corrected chi connectivity index (χ0v) is 25.6. The Bertz CT molecular complexity index is 785. The van der Waals surface area contributed by atoms with Gasteiger partial charge >= 0.3 is 0 Å². The second-order valence-electron chi connectivity index (χ2n) is 12.9. The van der Waals surface area contributed by atoms with Gasteiger partial charge in [-0.2, -0.15) is 0 Å². The molecule has 0 unspecified atom stereocenters. The lowest BCUT2D eigenvalue weighted by atomic mass is 10.1. The van der Waals surface area contributed by atoms with Crippen LogP contribution in [0.5, 0.6) is 0 Å². The Morgan fingerprint density at radius 3 is 0.767 bits per heavy atom. The minimum absolute atomic E-state index is 1.44. The molecule has 0 aliphatic carbocycles. The van der Waals surface area contributed by atoms with Crippen molar-refractivity contribution >= 4 is 65.2 Å². The van der Waals surface area contributed by atoms with Gasteiger partial charge in [0.1, 0.15) is 0 Å². The van der Waals surface area contributed by atoms with Crippen LogP contribution in [0.1, 0.15) is 11.1 Å². The zero-order valence-electron chi connectivity index (χ0n) is 21.6. The molecule has 0 amide bonds. The summed E-state index contributed by atoms with van der Waals surface area (Å²) in [5.74, 6) is 0. The SMILES string of the molecule is C[Si](C)(C)c1cccc([Si](C)(C)C)c1/C=C/c1c([Si](C)(C)C)cccc1[Si](C)(C)C. The number of hydrogen-bond acceptors (Lipinski definition) is 0. The quantitative estimate of drug-likeness (QED) is 0.358. The molecule has 0 aliphatic rings. The van der Waals surface area contributed by atoms with Crippen molar-refractivity contribution in [2.24, 2.45) is 0 Å². The summed E-state index contributed by atoms with van der Waals surface area (Å²) in [6, 6.07) is 14.2. The molecule has 0 aromatic heterocycles. The smallest absolute Gasteiger partial charge is 0.0656 e. The van der Waals surface area contributed by atoms with E-state index in [1.165, 1.54) is 11.1 Å². The van der Waals surface area contributed by atoms with Gasteiger partial charge in [-0.3, -0.25) is 0 Å². The minimum atomic E-state index is -1.44. The first-order chi connectivity index (χ1) is 13.4. The van der Waals surface area contributed by atoms with E-state index in [0.717, 1.165) is 0 Å². The van der Waals surface area contributed by atoms with Gasteiger partial charge in [0.05, 0.1) is 32.3 Å². The van der Waals surface area contributed by atoms with Crippen LogP contribution in [0.15, 0.2) is 36.4 Å². The van der Waals surface area contributed by atoms with Crippen LogP contribution in [0.4, 0.5) is 0 Å². The van der Waals surface area contributed by atoms with Gasteiger partial charge in [0.25, 0.3) is 0 Å². The van der Waals surface area contributed by atoms with Crippen molar-refractivity contribution in [1.29, 1.82) is 0 Å². The standard InChI is InChI=1S/C26H44Si4/c1-27(2,3)23-15-13-16-24(28(4,5)6)21(23)19-20-22-25(29(7,8)9)17-14-18-26(22)30(10,11)12/h13-20H,1-12H3/b20-19+. The van der Waals surface area contributed by atoms with Crippen molar-refractivity contribution < 1.29 is 0 Å². The van der Waals surface area contributed by atoms with Crippen molar-refractivity contribution in [1.82, 2.24) is 0 Å². The van der Waals surface area contributed by atoms with Gasteiger partial charge in [-0.05, 0) is 11.1 Å². The molecule has 4 heteroatoms. The summed E-state index contributed by atoms with van der Waals surface area (Å²) in [6.45, 7) is 29.8. The van der Waals surface area contributed by atoms with Gasteiger partial charge in [0.2, 0.25) is 0 Å². The summed E-state index contributed by atoms with van der Waals surface area (Å²) in [5, 5.41) is 6.44. The molecule has 0 heterocycles. The van der Waals surface area contributed by atoms with Crippen LogP contribution in [0.25, 0.3) is 12.2 Å². The van der Waals surface area contributed by atoms with Crippen LogP contribution in [-0.2, 0) is 0 Å². The molecule has 164 valence electrons. The maximum absolute atomic E-state index is 2.50. The second-order valence-corrected chi connectivity index (χ2v) is 33.0. The third kappa shape index (κ3) is 5.84. The summed E-state index contributed by atoms with van der Waals surface area (Å²) in [7, 11) is -5.75. The Balaban J connectivity index is 2.83. The average Bonchev–Trinajstić information content (AvgIpc) is 2.56. The summed E-state index contributed by atoms with van der Waals surface area (Å²) < 4.78 is 0. The van der Waals surface area contributed by atoms with E-state index in [-0.39, 0.29) is 0 Å². The topological polar surface area (TPSA) is 0 Å². The highest BCUT2D eigenvalue weighted by Crippen LogP contribution is 2.17. The largest absolute Gasteiger partial charge is 0.0783 e. The molecule has 30 heavy (non-hydrogen) atoms. The molecule has 2 aromatic rings. The molecule has 0 bridgehead atoms. The normalized spacial score (nSPS) is 13.9. The van der Waals surface area contributed by atoms with Crippen molar-refractivity contribution in [2.45, 2.75) is 78.6 Å². The third-order valence-corrected chi connectivity index (χ3v) is 14.1. The van der Waals surface area contributed by atoms with Gasteiger partial charge in [-0.15, -0.1) is 0 Å². The van der Waals surface area contributed by atoms with Gasteiger partial charge < -0.3 is 0 Å². The molecule has 2 aromatic carbocycles. The first kappa shape index (κ1) is 25.3. The molecule has 0 nitrogen and oxygen atoms in total. The molecular weight excluding hydrogens is 425 g/mol. The minimum Gasteiger partial charge on any atom is -0.0656 e. The van der Waals surface area contributed by atoms with Crippen molar-refractivity contribution in [3.8, 4) is 0 Å². The molecule has 0 N–H and O–H groups in total. The van der Waals surface area contributed by atoms with Gasteiger partial charge in [-0.25, -0.2) is 0 Å². The highest BCUT2D eigenvalue weighted by atomic mass is 28.3. The van der Waals surface area contributed by atoms with E-state index in [2.05, 4.69) is 127 Å². The van der Waals surface area contributed by atoms with Crippen molar-refractivity contribution in [3.63, 3.8) is 0 Å². The van der Waals surface area contributed by atoms with Crippen molar-refractivity contribution in [3.05, 3.63) is 47.5 Å². The number of benzene rings is 2. The summed E-state index contributed by atoms with van der Waals surface area (Å²) in [5.41, 5.74) is 3.06. The Labute approximate surface area is 190 Å². The van der Waals surface area contributed by atoms with Crippen LogP contribution < -0.4 is 20.7 Å². The van der Waals surface area contributed by atoms with E-state index in [0.29, 0.717) is 0 Å². The van der Waals surface area contributed by atoms with E-state index in [1.807, 2.05) is 0 Å². The van der Waals surface area contributed by atoms with Gasteiger partial charge in [0.15, 0.2) is 0 Å². The fourth-order valence-corrected chi connectivity index (χ4v) is 11.0. The maximum atomic E-state index is 2.50. The van der Waals surface area contributed by atoms with Gasteiger partial charge in [-0.1, -0.05) is 148 Å². The molecule has 0 saturated heterocycles. The van der Waals surface area contributed by atoms with E-state index >= 15 is 0 Å². The lowest BCUT2D eigenvalue weighted by Crippen LogP contribution is -2.48. The Kier molecular flexibility index (Phi) is 7.20. The highest BCUT2D eigenvalue weighted by Gasteiger charge is 2.28. The predicted octanol–water partition coefficient (Wildman–Crippen LogP) is 6.04. The van der Waals surface area contributed by atoms with E-state index < -0.39 is 32.3 Å². The molecule has 0 radical (unpaired) electrons. The molecule has 0 saturated carbocycles. The van der Waals surface area contributed by atoms with E-state index in [9.17, 15) is 0 Å². The maximum Gasteiger partial charge on any atom is 0.0783 e. The second kappa shape index (κ2) is 8.53. The fraction of sp³-hybridized carbons (Fsp3) is 0.462. The highest BCUT2D eigenvalue weighted by molar-refractivity contribution is 6.93. The fourth-order valence-electron chi connectivity index (χ4n) is 4.27. The van der Waals surface area contributed by atoms with Crippen LogP contribution in [-0.4, -0.2) is 32.3 Å². The van der Waals surface area contributed by atoms with Crippen LogP contribution in [0, 0.1) is 0 Å². The molecule has 0 aliphatic heterocycles. The number of hydrogen-bond donors (Lipinski definition) is 0. The molecule has 0 fully saturated rings. The Hall–Kier alpha value is -0.952. The molecule has 0 atom stereocenters. The zero-order chi connectivity index (χ0) is 23.1. The monoisotopic (exact) mass is 468 g/mol. The van der Waals surface area contributed by atoms with Gasteiger partial charge in [0, 0.05) is 0 Å². The first-order valence-electron chi connectivity index (χ1n) is 11.4. The molecule has 2 rings (SSSR count). The van der Waals surface area contributed by atoms with E-state index in [4.69, 9.17) is 0 Å². The van der Waals surface area contributed by atoms with E-state index in [1.54, 1.807) is 20.7 Å². The van der Waals surface area contributed by atoms with Crippen molar-refractivity contribution in [2.75, 3.05) is 0 Å². The number of rotatable bonds is 6. The molecular formula is C26H44Si4. The Morgan fingerprint density at radius 1 is 0.400 bits per heavy atom. The first-order valence-corrected chi connectivity index (χ1v) is 25.4. The lowest BCUT2D eigenvalue weighted by Gasteiger charge is -2.28. The lowest BCUT2D eigenvalue weighted by molar-refractivity contribution is 1.62. The van der Waals surface area contributed by atoms with Crippen LogP contribution in [0.3, 0.4) is 0 Å². The summed E-state index contributed by atoms with van der Waals surface area (Å²) in [6.07, 6.45) is 5.01. The Morgan fingerprint density at radius 2 is 0.600 bits per heavy atom.